The number of aromatic nitrogens is 6. The molecule has 0 aliphatic rings. The van der Waals surface area contributed by atoms with Gasteiger partial charge in [-0.25, -0.2) is 0 Å². The molecule has 0 saturated heterocycles. The van der Waals surface area contributed by atoms with Crippen LogP contribution in [0.5, 0.6) is 0 Å². The van der Waals surface area contributed by atoms with Crippen LogP contribution in [0.15, 0.2) is 255 Å². The van der Waals surface area contributed by atoms with Gasteiger partial charge in [-0.1, -0.05) is 287 Å². The van der Waals surface area contributed by atoms with Crippen molar-refractivity contribution in [2.45, 2.75) is 131 Å². The zero-order valence-electron chi connectivity index (χ0n) is 61.0. The van der Waals surface area contributed by atoms with Crippen molar-refractivity contribution < 1.29 is 0 Å². The van der Waals surface area contributed by atoms with Crippen molar-refractivity contribution in [3.05, 3.63) is 288 Å². The van der Waals surface area contributed by atoms with E-state index in [0.29, 0.717) is 13.1 Å². The standard InChI is InChI=1S/C98H86N6/c1-9-11-49-99-79-43-25-19-37-73(79)85-87-75-39-21-27-45-81(75)101(93(87)69-33-15-13-31-67(69)91(85)99)57-61-51-63(55-65(53-61)97(3,4)5)59-103-83-47-29-23-41-77(83)89-90-78-42-24-30-48-84(78)104(96(90)72-36-18-17-35-71(72)95(89)103)60-64-52-62(54-66(56-64)98(6,7)8)58-102-82-46-28-22-40-76(82)88-86-74-38-20-26-44-80(74)100(50-12-10-2)92(86)68-32-14-16-34-70(68)94(88)102/h13-48,51-56H,9-12,49-50,57-60H2,1-8H3. The van der Waals surface area contributed by atoms with Crippen molar-refractivity contribution in [1.29, 1.82) is 0 Å². The van der Waals surface area contributed by atoms with Crippen molar-refractivity contribution in [2.24, 2.45) is 0 Å². The van der Waals surface area contributed by atoms with E-state index in [9.17, 15) is 0 Å². The summed E-state index contributed by atoms with van der Waals surface area (Å²) in [6.07, 6.45) is 4.55. The SMILES string of the molecule is CCCCn1c2ccccc2c2c3c4ccccc4n(Cc4cc(Cn5c6ccccc6c6c7c8ccccc8n(Cc8cc(Cn9c%10ccccc%10c%10c%11c%12ccccc%12n(CCCC)c%11c%11ccccc%11c%109)cc(C(C)(C)C)c8)c7c7ccccc7c65)cc(C(C)(C)C)c4)c3c3ccccc3c21. The maximum Gasteiger partial charge on any atom is 0.0582 e. The Morgan fingerprint density at radius 3 is 0.606 bits per heavy atom. The van der Waals surface area contributed by atoms with Gasteiger partial charge in [0.1, 0.15) is 0 Å². The number of rotatable bonds is 14. The molecule has 14 aromatic carbocycles. The Morgan fingerprint density at radius 1 is 0.221 bits per heavy atom. The summed E-state index contributed by atoms with van der Waals surface area (Å²) < 4.78 is 15.9. The van der Waals surface area contributed by atoms with E-state index in [0.717, 1.165) is 51.9 Å². The summed E-state index contributed by atoms with van der Waals surface area (Å²) in [4.78, 5) is 0. The van der Waals surface area contributed by atoms with Crippen LogP contribution in [0, 0.1) is 0 Å². The van der Waals surface area contributed by atoms with Crippen LogP contribution in [0.1, 0.15) is 114 Å². The first-order valence-corrected chi connectivity index (χ1v) is 38.1. The van der Waals surface area contributed by atoms with E-state index < -0.39 is 0 Å². The van der Waals surface area contributed by atoms with E-state index >= 15 is 0 Å². The Hall–Kier alpha value is -11.3. The monoisotopic (exact) mass is 1350 g/mol. The molecule has 0 N–H and O–H groups in total. The van der Waals surface area contributed by atoms with Crippen molar-refractivity contribution in [2.75, 3.05) is 0 Å². The molecular weight excluding hydrogens is 1260 g/mol. The highest BCUT2D eigenvalue weighted by Gasteiger charge is 2.29. The molecule has 6 heteroatoms. The smallest absolute Gasteiger partial charge is 0.0582 e. The molecule has 6 aromatic heterocycles. The van der Waals surface area contributed by atoms with Crippen LogP contribution in [-0.4, -0.2) is 27.4 Å². The predicted octanol–water partition coefficient (Wildman–Crippen LogP) is 26.2. The number of benzene rings is 14. The van der Waals surface area contributed by atoms with Gasteiger partial charge in [0.2, 0.25) is 0 Å². The van der Waals surface area contributed by atoms with Crippen LogP contribution in [0.3, 0.4) is 0 Å². The average molecular weight is 1350 g/mol. The second-order valence-corrected chi connectivity index (χ2v) is 32.0. The highest BCUT2D eigenvalue weighted by atomic mass is 15.0. The molecule has 0 spiro atoms. The summed E-state index contributed by atoms with van der Waals surface area (Å²) in [7, 11) is 0. The third kappa shape index (κ3) is 9.32. The fraction of sp³-hybridized carbons (Fsp3) is 0.204. The minimum atomic E-state index is -0.108. The lowest BCUT2D eigenvalue weighted by molar-refractivity contribution is 0.587. The molecule has 20 rings (SSSR count). The third-order valence-corrected chi connectivity index (χ3v) is 23.6. The fourth-order valence-corrected chi connectivity index (χ4v) is 18.9. The molecule has 0 fully saturated rings. The number of unbranched alkanes of at least 4 members (excludes halogenated alkanes) is 2. The van der Waals surface area contributed by atoms with Gasteiger partial charge < -0.3 is 27.4 Å². The molecule has 0 unspecified atom stereocenters. The van der Waals surface area contributed by atoms with Crippen molar-refractivity contribution >= 4 is 163 Å². The van der Waals surface area contributed by atoms with Gasteiger partial charge in [0.15, 0.2) is 0 Å². The molecule has 0 saturated carbocycles. The number of nitrogens with zero attached hydrogens (tertiary/aromatic N) is 6. The van der Waals surface area contributed by atoms with E-state index in [-0.39, 0.29) is 10.8 Å². The number of fused-ring (bicyclic) bond motifs is 30. The summed E-state index contributed by atoms with van der Waals surface area (Å²) in [6.45, 7) is 23.8. The normalized spacial score (nSPS) is 12.8. The van der Waals surface area contributed by atoms with Crippen molar-refractivity contribution in [1.82, 2.24) is 27.4 Å². The lowest BCUT2D eigenvalue weighted by Gasteiger charge is -2.23. The lowest BCUT2D eigenvalue weighted by atomic mass is 9.85. The molecule has 0 bridgehead atoms. The van der Waals surface area contributed by atoms with Crippen LogP contribution in [0.4, 0.5) is 0 Å². The summed E-state index contributed by atoms with van der Waals surface area (Å²) in [5.41, 5.74) is 23.3. The van der Waals surface area contributed by atoms with E-state index in [4.69, 9.17) is 0 Å². The number of hydrogen-bond acceptors (Lipinski definition) is 0. The molecule has 0 aliphatic heterocycles. The van der Waals surface area contributed by atoms with E-state index in [1.165, 1.54) is 197 Å². The topological polar surface area (TPSA) is 29.6 Å². The second kappa shape index (κ2) is 23.6. The number of para-hydroxylation sites is 6. The second-order valence-electron chi connectivity index (χ2n) is 32.0. The molecular formula is C98H86N6. The van der Waals surface area contributed by atoms with E-state index in [2.05, 4.69) is 338 Å². The fourth-order valence-electron chi connectivity index (χ4n) is 18.9. The highest BCUT2D eigenvalue weighted by molar-refractivity contribution is 6.39. The minimum Gasteiger partial charge on any atom is -0.340 e. The van der Waals surface area contributed by atoms with Crippen LogP contribution in [-0.2, 0) is 50.1 Å². The Morgan fingerprint density at radius 2 is 0.404 bits per heavy atom. The first kappa shape index (κ1) is 62.4. The van der Waals surface area contributed by atoms with Gasteiger partial charge in [0, 0.05) is 169 Å². The van der Waals surface area contributed by atoms with Gasteiger partial charge >= 0.3 is 0 Å². The van der Waals surface area contributed by atoms with Crippen molar-refractivity contribution in [3.63, 3.8) is 0 Å². The van der Waals surface area contributed by atoms with Gasteiger partial charge in [0.05, 0.1) is 33.1 Å². The van der Waals surface area contributed by atoms with Crippen LogP contribution in [0.2, 0.25) is 0 Å². The van der Waals surface area contributed by atoms with Crippen LogP contribution in [0.25, 0.3) is 163 Å². The summed E-state index contributed by atoms with van der Waals surface area (Å²) >= 11 is 0. The average Bonchev–Trinajstić information content (AvgIpc) is 1.54. The lowest BCUT2D eigenvalue weighted by Crippen LogP contribution is -2.14. The molecule has 6 heterocycles. The number of aryl methyl sites for hydroxylation is 2. The van der Waals surface area contributed by atoms with Crippen LogP contribution >= 0.6 is 0 Å². The first-order valence-electron chi connectivity index (χ1n) is 38.1. The van der Waals surface area contributed by atoms with Gasteiger partial charge in [-0.3, -0.25) is 0 Å². The predicted molar refractivity (Wildman–Crippen MR) is 446 cm³/mol. The maximum atomic E-state index is 2.68. The molecule has 0 aliphatic carbocycles. The molecule has 0 radical (unpaired) electrons. The summed E-state index contributed by atoms with van der Waals surface area (Å²) in [6, 6.07) is 98.2. The van der Waals surface area contributed by atoms with Gasteiger partial charge in [-0.2, -0.15) is 0 Å². The summed E-state index contributed by atoms with van der Waals surface area (Å²) in [5, 5.41) is 23.7. The third-order valence-electron chi connectivity index (χ3n) is 23.6. The Bertz CT molecular complexity index is 6550. The number of hydrogen-bond donors (Lipinski definition) is 0. The molecule has 6 nitrogen and oxygen atoms in total. The maximum absolute atomic E-state index is 2.68. The molecule has 0 atom stereocenters. The molecule has 20 aromatic rings. The van der Waals surface area contributed by atoms with Gasteiger partial charge in [-0.05, 0) is 93.5 Å². The molecule has 508 valence electrons. The van der Waals surface area contributed by atoms with Gasteiger partial charge in [-0.15, -0.1) is 0 Å². The zero-order chi connectivity index (χ0) is 70.0. The molecule has 0 amide bonds. The quantitative estimate of drug-likeness (QED) is 0.104. The van der Waals surface area contributed by atoms with E-state index in [1.807, 2.05) is 0 Å². The highest BCUT2D eigenvalue weighted by Crippen LogP contribution is 2.50. The van der Waals surface area contributed by atoms with Crippen molar-refractivity contribution in [3.8, 4) is 0 Å². The summed E-state index contributed by atoms with van der Waals surface area (Å²) in [5.74, 6) is 0. The largest absolute Gasteiger partial charge is 0.340 e. The zero-order valence-corrected chi connectivity index (χ0v) is 61.0. The molecule has 104 heavy (non-hydrogen) atoms. The Kier molecular flexibility index (Phi) is 14.2. The van der Waals surface area contributed by atoms with Crippen LogP contribution < -0.4 is 0 Å². The first-order chi connectivity index (χ1) is 50.8. The van der Waals surface area contributed by atoms with Gasteiger partial charge in [0.25, 0.3) is 0 Å². The Labute approximate surface area is 606 Å². The van der Waals surface area contributed by atoms with E-state index in [1.54, 1.807) is 0 Å². The Balaban J connectivity index is 0.754. The minimum absolute atomic E-state index is 0.108.